The highest BCUT2D eigenvalue weighted by Crippen LogP contribution is 2.31. The van der Waals surface area contributed by atoms with Crippen LogP contribution in [0.15, 0.2) is 60.9 Å². The van der Waals surface area contributed by atoms with Crippen LogP contribution in [0.4, 0.5) is 23.7 Å². The molecule has 0 unspecified atom stereocenters. The van der Waals surface area contributed by atoms with Crippen molar-refractivity contribution >= 4 is 17.7 Å². The standard InChI is InChI=1S/C27H28F3N5O5/c28-17-5-1-15(2-6-17)23(16-3-7-18(29)8-4-16)24(31)26(36)35-22-11-33-10-21(30)25(22)39-14-20-9-34-19(12-38-20)13-40-27(32)37/h1-8,10-11,19-20,23-24,34H,9,12-14,31H2,(H2,32,37)(H,35,36)/t19-,20-,24-/m0/s1. The number of nitrogens with two attached hydrogens (primary N) is 2. The molecule has 1 aliphatic rings. The number of nitrogens with one attached hydrogen (secondary N) is 2. The number of anilines is 1. The fourth-order valence-electron chi connectivity index (χ4n) is 4.21. The molecular formula is C27H28F3N5O5. The van der Waals surface area contributed by atoms with Crippen LogP contribution in [0, 0.1) is 17.5 Å². The maximum Gasteiger partial charge on any atom is 0.404 e. The van der Waals surface area contributed by atoms with E-state index in [-0.39, 0.29) is 37.3 Å². The zero-order valence-corrected chi connectivity index (χ0v) is 21.2. The molecule has 40 heavy (non-hydrogen) atoms. The summed E-state index contributed by atoms with van der Waals surface area (Å²) < 4.78 is 57.9. The van der Waals surface area contributed by atoms with Crippen molar-refractivity contribution in [2.75, 3.05) is 31.7 Å². The minimum Gasteiger partial charge on any atom is -0.485 e. The lowest BCUT2D eigenvalue weighted by molar-refractivity contribution is -0.117. The Kier molecular flexibility index (Phi) is 9.53. The number of carbonyl (C=O) groups is 2. The Balaban J connectivity index is 1.45. The molecule has 1 fully saturated rings. The normalized spacial score (nSPS) is 17.7. The monoisotopic (exact) mass is 559 g/mol. The molecule has 6 N–H and O–H groups in total. The van der Waals surface area contributed by atoms with Crippen LogP contribution in [0.2, 0.25) is 0 Å². The first-order valence-electron chi connectivity index (χ1n) is 12.3. The number of morpholine rings is 1. The van der Waals surface area contributed by atoms with E-state index in [9.17, 15) is 22.8 Å². The SMILES string of the molecule is NC(=O)OC[C@@H]1CO[C@H](COc2c(F)cncc2NC(=O)[C@@H](N)C(c2ccc(F)cc2)c2ccc(F)cc2)CN1. The highest BCUT2D eigenvalue weighted by molar-refractivity contribution is 5.96. The molecule has 13 heteroatoms. The van der Waals surface area contributed by atoms with Crippen LogP contribution < -0.4 is 26.8 Å². The van der Waals surface area contributed by atoms with E-state index in [0.29, 0.717) is 17.7 Å². The Hall–Kier alpha value is -4.20. The zero-order valence-electron chi connectivity index (χ0n) is 21.2. The van der Waals surface area contributed by atoms with Crippen LogP contribution in [0.5, 0.6) is 5.75 Å². The van der Waals surface area contributed by atoms with E-state index in [1.807, 2.05) is 0 Å². The second-order valence-electron chi connectivity index (χ2n) is 9.10. The molecule has 0 radical (unpaired) electrons. The molecule has 0 aliphatic carbocycles. The summed E-state index contributed by atoms with van der Waals surface area (Å²) in [5.74, 6) is -3.52. The minimum atomic E-state index is -1.24. The van der Waals surface area contributed by atoms with Crippen molar-refractivity contribution in [3.05, 3.63) is 89.5 Å². The predicted octanol–water partition coefficient (Wildman–Crippen LogP) is 2.43. The van der Waals surface area contributed by atoms with Crippen molar-refractivity contribution < 1.29 is 37.0 Å². The van der Waals surface area contributed by atoms with Gasteiger partial charge < -0.3 is 36.3 Å². The van der Waals surface area contributed by atoms with Crippen molar-refractivity contribution in [3.63, 3.8) is 0 Å². The van der Waals surface area contributed by atoms with Gasteiger partial charge in [0.15, 0.2) is 11.6 Å². The predicted molar refractivity (Wildman–Crippen MR) is 138 cm³/mol. The Morgan fingerprint density at radius 3 is 2.20 bits per heavy atom. The summed E-state index contributed by atoms with van der Waals surface area (Å²) in [6.07, 6.45) is 0.785. The maximum absolute atomic E-state index is 14.7. The molecule has 3 atom stereocenters. The lowest BCUT2D eigenvalue weighted by atomic mass is 9.85. The molecule has 1 aliphatic heterocycles. The molecule has 1 aromatic heterocycles. The first-order chi connectivity index (χ1) is 19.2. The third-order valence-corrected chi connectivity index (χ3v) is 6.24. The first kappa shape index (κ1) is 28.8. The van der Waals surface area contributed by atoms with E-state index in [2.05, 4.69) is 15.6 Å². The van der Waals surface area contributed by atoms with Crippen molar-refractivity contribution in [3.8, 4) is 5.75 Å². The molecule has 10 nitrogen and oxygen atoms in total. The van der Waals surface area contributed by atoms with Crippen LogP contribution in [0.3, 0.4) is 0 Å². The number of hydrogen-bond acceptors (Lipinski definition) is 8. The van der Waals surface area contributed by atoms with E-state index < -0.39 is 47.5 Å². The summed E-state index contributed by atoms with van der Waals surface area (Å²) in [4.78, 5) is 27.8. The highest BCUT2D eigenvalue weighted by Gasteiger charge is 2.30. The van der Waals surface area contributed by atoms with Gasteiger partial charge in [-0.15, -0.1) is 0 Å². The van der Waals surface area contributed by atoms with E-state index >= 15 is 0 Å². The van der Waals surface area contributed by atoms with E-state index in [4.69, 9.17) is 25.7 Å². The summed E-state index contributed by atoms with van der Waals surface area (Å²) in [6, 6.07) is 9.36. The number of benzene rings is 2. The van der Waals surface area contributed by atoms with E-state index in [1.54, 1.807) is 0 Å². The van der Waals surface area contributed by atoms with Gasteiger partial charge in [0.1, 0.15) is 36.6 Å². The molecule has 2 aromatic carbocycles. The number of hydrogen-bond donors (Lipinski definition) is 4. The number of nitrogens with zero attached hydrogens (tertiary/aromatic N) is 1. The van der Waals surface area contributed by atoms with Gasteiger partial charge in [-0.05, 0) is 35.4 Å². The summed E-state index contributed by atoms with van der Waals surface area (Å²) >= 11 is 0. The number of aromatic nitrogens is 1. The Morgan fingerprint density at radius 1 is 1.02 bits per heavy atom. The molecular weight excluding hydrogens is 531 g/mol. The summed E-state index contributed by atoms with van der Waals surface area (Å²) in [7, 11) is 0. The summed E-state index contributed by atoms with van der Waals surface area (Å²) in [6.45, 7) is 0.491. The number of ether oxygens (including phenoxy) is 3. The van der Waals surface area contributed by atoms with Crippen LogP contribution in [-0.4, -0.2) is 61.5 Å². The van der Waals surface area contributed by atoms with Crippen molar-refractivity contribution in [1.82, 2.24) is 10.3 Å². The number of carbonyl (C=O) groups excluding carboxylic acids is 2. The average molecular weight is 560 g/mol. The average Bonchev–Trinajstić information content (AvgIpc) is 2.94. The molecule has 0 bridgehead atoms. The van der Waals surface area contributed by atoms with Gasteiger partial charge in [0.2, 0.25) is 5.91 Å². The Bertz CT molecular complexity index is 1260. The molecule has 4 rings (SSSR count). The highest BCUT2D eigenvalue weighted by atomic mass is 19.1. The fraction of sp³-hybridized carbons (Fsp3) is 0.296. The molecule has 0 saturated carbocycles. The third kappa shape index (κ3) is 7.46. The van der Waals surface area contributed by atoms with Crippen LogP contribution in [0.25, 0.3) is 0 Å². The lowest BCUT2D eigenvalue weighted by Gasteiger charge is -2.30. The largest absolute Gasteiger partial charge is 0.485 e. The number of rotatable bonds is 10. The van der Waals surface area contributed by atoms with Crippen LogP contribution >= 0.6 is 0 Å². The molecule has 2 heterocycles. The lowest BCUT2D eigenvalue weighted by Crippen LogP contribution is -2.50. The minimum absolute atomic E-state index is 0.0369. The quantitative estimate of drug-likeness (QED) is 0.296. The molecule has 0 spiro atoms. The van der Waals surface area contributed by atoms with E-state index in [1.165, 1.54) is 54.7 Å². The van der Waals surface area contributed by atoms with Gasteiger partial charge in [0.05, 0.1) is 31.1 Å². The molecule has 2 amide bonds. The maximum atomic E-state index is 14.7. The van der Waals surface area contributed by atoms with E-state index in [0.717, 1.165) is 6.20 Å². The van der Waals surface area contributed by atoms with Gasteiger partial charge in [-0.25, -0.2) is 18.0 Å². The number of halogens is 3. The second-order valence-corrected chi connectivity index (χ2v) is 9.10. The third-order valence-electron chi connectivity index (χ3n) is 6.24. The Labute approximate surface area is 227 Å². The Morgan fingerprint density at radius 2 is 1.65 bits per heavy atom. The fourth-order valence-corrected chi connectivity index (χ4v) is 4.21. The van der Waals surface area contributed by atoms with Gasteiger partial charge >= 0.3 is 6.09 Å². The van der Waals surface area contributed by atoms with Crippen molar-refractivity contribution in [1.29, 1.82) is 0 Å². The summed E-state index contributed by atoms with van der Waals surface area (Å²) in [5, 5.41) is 5.67. The van der Waals surface area contributed by atoms with Crippen LogP contribution in [-0.2, 0) is 14.3 Å². The van der Waals surface area contributed by atoms with Crippen molar-refractivity contribution in [2.24, 2.45) is 11.5 Å². The van der Waals surface area contributed by atoms with Crippen molar-refractivity contribution in [2.45, 2.75) is 24.1 Å². The molecule has 212 valence electrons. The number of pyridine rings is 1. The van der Waals surface area contributed by atoms with Gasteiger partial charge in [0, 0.05) is 12.5 Å². The smallest absolute Gasteiger partial charge is 0.404 e. The van der Waals surface area contributed by atoms with Gasteiger partial charge in [-0.3, -0.25) is 9.78 Å². The number of amides is 2. The topological polar surface area (TPSA) is 151 Å². The summed E-state index contributed by atoms with van der Waals surface area (Å²) in [5.41, 5.74) is 12.3. The number of primary amides is 1. The zero-order chi connectivity index (χ0) is 28.6. The molecule has 1 saturated heterocycles. The van der Waals surface area contributed by atoms with Gasteiger partial charge in [-0.2, -0.15) is 0 Å². The van der Waals surface area contributed by atoms with Crippen LogP contribution in [0.1, 0.15) is 17.0 Å². The second kappa shape index (κ2) is 13.2. The molecule has 3 aromatic rings. The van der Waals surface area contributed by atoms with Gasteiger partial charge in [-0.1, -0.05) is 24.3 Å². The van der Waals surface area contributed by atoms with Gasteiger partial charge in [0.25, 0.3) is 0 Å². The first-order valence-corrected chi connectivity index (χ1v) is 12.3.